The Hall–Kier alpha value is -2.91. The Morgan fingerprint density at radius 1 is 1.23 bits per heavy atom. The number of fused-ring (bicyclic) bond motifs is 1. The molecule has 0 bridgehead atoms. The summed E-state index contributed by atoms with van der Waals surface area (Å²) >= 11 is 6.36. The molecule has 3 aromatic rings. The van der Waals surface area contributed by atoms with Crippen LogP contribution >= 0.6 is 11.6 Å². The summed E-state index contributed by atoms with van der Waals surface area (Å²) in [5.41, 5.74) is 2.83. The number of aromatic nitrogens is 2. The van der Waals surface area contributed by atoms with Gasteiger partial charge in [0.1, 0.15) is 11.4 Å². The Balaban J connectivity index is 1.79. The maximum atomic E-state index is 14.9. The van der Waals surface area contributed by atoms with E-state index in [0.29, 0.717) is 25.2 Å². The van der Waals surface area contributed by atoms with Crippen LogP contribution in [0.1, 0.15) is 37.6 Å². The molecule has 186 valence electrons. The first-order chi connectivity index (χ1) is 16.3. The van der Waals surface area contributed by atoms with Crippen LogP contribution in [0, 0.1) is 12.7 Å². The number of halogens is 2. The smallest absolute Gasteiger partial charge is 0.419 e. The average Bonchev–Trinajstić information content (AvgIpc) is 3.10. The molecule has 1 aliphatic rings. The molecule has 0 aliphatic carbocycles. The van der Waals surface area contributed by atoms with Gasteiger partial charge in [-0.2, -0.15) is 0 Å². The molecule has 35 heavy (non-hydrogen) atoms. The molecule has 0 amide bonds. The van der Waals surface area contributed by atoms with E-state index >= 15 is 0 Å². The third kappa shape index (κ3) is 5.06. The molecule has 0 saturated carbocycles. The zero-order chi connectivity index (χ0) is 25.7. The van der Waals surface area contributed by atoms with E-state index in [4.69, 9.17) is 16.3 Å². The first-order valence-corrected chi connectivity index (χ1v) is 13.4. The monoisotopic (exact) mass is 519 g/mol. The van der Waals surface area contributed by atoms with Gasteiger partial charge in [-0.05, 0) is 63.1 Å². The molecule has 10 heteroatoms. The van der Waals surface area contributed by atoms with Gasteiger partial charge in [0.15, 0.2) is 14.9 Å². The fourth-order valence-corrected chi connectivity index (χ4v) is 5.14. The molecule has 7 nitrogen and oxygen atoms in total. The normalized spacial score (nSPS) is 14.1. The SMILES string of the molecule is Cc1cc(S(C)(=O)=O)ncc1N1CCc2c(cc(-c3c(F)cccc3Cl)n2C(=O)OC(C)(C)C)C1. The predicted molar refractivity (Wildman–Crippen MR) is 133 cm³/mol. The van der Waals surface area contributed by atoms with Gasteiger partial charge in [-0.25, -0.2) is 27.2 Å². The van der Waals surface area contributed by atoms with Crippen molar-refractivity contribution in [3.63, 3.8) is 0 Å². The predicted octanol–water partition coefficient (Wildman–Crippen LogP) is 5.40. The third-order valence-corrected chi connectivity index (χ3v) is 7.04. The highest BCUT2D eigenvalue weighted by Gasteiger charge is 2.31. The van der Waals surface area contributed by atoms with Crippen LogP contribution in [-0.2, 0) is 27.5 Å². The number of rotatable bonds is 3. The van der Waals surface area contributed by atoms with Gasteiger partial charge >= 0.3 is 6.09 Å². The van der Waals surface area contributed by atoms with Crippen LogP contribution in [0.15, 0.2) is 41.6 Å². The van der Waals surface area contributed by atoms with E-state index in [1.165, 1.54) is 16.7 Å². The fraction of sp³-hybridized carbons (Fsp3) is 0.360. The zero-order valence-corrected chi connectivity index (χ0v) is 21.8. The lowest BCUT2D eigenvalue weighted by atomic mass is 10.1. The van der Waals surface area contributed by atoms with Gasteiger partial charge in [0, 0.05) is 31.5 Å². The second kappa shape index (κ2) is 8.95. The number of ether oxygens (including phenoxy) is 1. The lowest BCUT2D eigenvalue weighted by molar-refractivity contribution is 0.0535. The van der Waals surface area contributed by atoms with Crippen molar-refractivity contribution in [3.05, 3.63) is 64.2 Å². The summed E-state index contributed by atoms with van der Waals surface area (Å²) in [6.07, 6.45) is 2.55. The van der Waals surface area contributed by atoms with Crippen LogP contribution < -0.4 is 4.90 Å². The molecule has 0 spiro atoms. The second-order valence-corrected chi connectivity index (χ2v) is 12.0. The van der Waals surface area contributed by atoms with E-state index in [0.717, 1.165) is 28.8 Å². The number of hydrogen-bond donors (Lipinski definition) is 0. The van der Waals surface area contributed by atoms with Crippen molar-refractivity contribution in [2.45, 2.75) is 51.3 Å². The summed E-state index contributed by atoms with van der Waals surface area (Å²) in [6, 6.07) is 7.72. The molecule has 0 saturated heterocycles. The van der Waals surface area contributed by atoms with Crippen molar-refractivity contribution in [3.8, 4) is 11.3 Å². The number of sulfone groups is 1. The van der Waals surface area contributed by atoms with Crippen molar-refractivity contribution in [2.24, 2.45) is 0 Å². The lowest BCUT2D eigenvalue weighted by Crippen LogP contribution is -2.34. The first-order valence-electron chi connectivity index (χ1n) is 11.1. The zero-order valence-electron chi connectivity index (χ0n) is 20.2. The topological polar surface area (TPSA) is 81.5 Å². The van der Waals surface area contributed by atoms with Crippen LogP contribution in [0.4, 0.5) is 14.9 Å². The number of carbonyl (C=O) groups excluding carboxylic acids is 1. The number of pyridine rings is 1. The first kappa shape index (κ1) is 25.2. The average molecular weight is 520 g/mol. The summed E-state index contributed by atoms with van der Waals surface area (Å²) in [5, 5.41) is 0.210. The Morgan fingerprint density at radius 3 is 2.54 bits per heavy atom. The van der Waals surface area contributed by atoms with Crippen LogP contribution in [0.25, 0.3) is 11.3 Å². The van der Waals surface area contributed by atoms with E-state index in [-0.39, 0.29) is 15.6 Å². The minimum Gasteiger partial charge on any atom is -0.443 e. The van der Waals surface area contributed by atoms with Crippen LogP contribution in [0.2, 0.25) is 5.02 Å². The molecule has 1 aromatic carbocycles. The van der Waals surface area contributed by atoms with Crippen LogP contribution in [-0.4, -0.2) is 42.5 Å². The minimum absolute atomic E-state index is 0.0176. The van der Waals surface area contributed by atoms with Gasteiger partial charge in [-0.1, -0.05) is 17.7 Å². The standard InChI is InChI=1S/C25H27ClFN3O4S/c1-15-11-22(35(5,32)33)28-13-21(15)29-10-9-19-16(14-29)12-20(23-17(26)7-6-8-18(23)27)30(19)24(31)34-25(2,3)4/h6-8,11-13H,9-10,14H2,1-5H3. The van der Waals surface area contributed by atoms with Crippen molar-refractivity contribution in [2.75, 3.05) is 17.7 Å². The van der Waals surface area contributed by atoms with Gasteiger partial charge in [0.25, 0.3) is 0 Å². The Kier molecular flexibility index (Phi) is 6.44. The maximum absolute atomic E-state index is 14.9. The van der Waals surface area contributed by atoms with Gasteiger partial charge in [-0.15, -0.1) is 0 Å². The number of nitrogens with zero attached hydrogens (tertiary/aromatic N) is 3. The highest BCUT2D eigenvalue weighted by molar-refractivity contribution is 7.90. The molecule has 0 unspecified atom stereocenters. The molecule has 2 aromatic heterocycles. The van der Waals surface area contributed by atoms with Crippen molar-refractivity contribution < 1.29 is 22.3 Å². The third-order valence-electron chi connectivity index (χ3n) is 5.75. The van der Waals surface area contributed by atoms with Gasteiger partial charge in [0.2, 0.25) is 0 Å². The summed E-state index contributed by atoms with van der Waals surface area (Å²) in [4.78, 5) is 19.4. The summed E-state index contributed by atoms with van der Waals surface area (Å²) in [5.74, 6) is -0.537. The number of anilines is 1. The van der Waals surface area contributed by atoms with Crippen LogP contribution in [0.3, 0.4) is 0 Å². The molecule has 0 fully saturated rings. The number of aryl methyl sites for hydroxylation is 1. The highest BCUT2D eigenvalue weighted by atomic mass is 35.5. The lowest BCUT2D eigenvalue weighted by Gasteiger charge is -2.31. The molecular weight excluding hydrogens is 493 g/mol. The largest absolute Gasteiger partial charge is 0.443 e. The van der Waals surface area contributed by atoms with Crippen LogP contribution in [0.5, 0.6) is 0 Å². The summed E-state index contributed by atoms with van der Waals surface area (Å²) < 4.78 is 45.7. The van der Waals surface area contributed by atoms with E-state index in [2.05, 4.69) is 9.88 Å². The molecule has 0 radical (unpaired) electrons. The minimum atomic E-state index is -3.42. The number of carbonyl (C=O) groups is 1. The highest BCUT2D eigenvalue weighted by Crippen LogP contribution is 2.37. The molecular formula is C25H27ClFN3O4S. The molecule has 1 aliphatic heterocycles. The van der Waals surface area contributed by atoms with E-state index in [9.17, 15) is 17.6 Å². The van der Waals surface area contributed by atoms with Gasteiger partial charge in [-0.3, -0.25) is 0 Å². The maximum Gasteiger partial charge on any atom is 0.419 e. The van der Waals surface area contributed by atoms with Crippen molar-refractivity contribution >= 4 is 33.2 Å². The van der Waals surface area contributed by atoms with E-state index in [1.54, 1.807) is 45.2 Å². The van der Waals surface area contributed by atoms with Crippen molar-refractivity contribution in [1.29, 1.82) is 0 Å². The number of hydrogen-bond acceptors (Lipinski definition) is 6. The second-order valence-electron chi connectivity index (χ2n) is 9.67. The molecule has 0 atom stereocenters. The Bertz CT molecular complexity index is 1410. The molecule has 3 heterocycles. The molecule has 4 rings (SSSR count). The fourth-order valence-electron chi connectivity index (χ4n) is 4.24. The van der Waals surface area contributed by atoms with Crippen molar-refractivity contribution in [1.82, 2.24) is 9.55 Å². The Morgan fingerprint density at radius 2 is 1.94 bits per heavy atom. The van der Waals surface area contributed by atoms with Gasteiger partial charge < -0.3 is 9.64 Å². The van der Waals surface area contributed by atoms with Gasteiger partial charge in [0.05, 0.1) is 28.2 Å². The Labute approximate surface area is 209 Å². The quantitative estimate of drug-likeness (QED) is 0.461. The number of benzene rings is 1. The summed E-state index contributed by atoms with van der Waals surface area (Å²) in [6.45, 7) is 8.12. The van der Waals surface area contributed by atoms with E-state index < -0.39 is 27.3 Å². The van der Waals surface area contributed by atoms with E-state index in [1.807, 2.05) is 6.92 Å². The summed E-state index contributed by atoms with van der Waals surface area (Å²) in [7, 11) is -3.42. The molecule has 0 N–H and O–H groups in total.